The number of carbonyl (C=O) groups excluding carboxylic acids is 1. The van der Waals surface area contributed by atoms with E-state index in [1.807, 2.05) is 59.6 Å². The number of fused-ring (bicyclic) bond motifs is 3. The molecule has 1 atom stereocenters. The van der Waals surface area contributed by atoms with Gasteiger partial charge in [-0.3, -0.25) is 14.7 Å². The van der Waals surface area contributed by atoms with Crippen LogP contribution in [0.2, 0.25) is 5.02 Å². The molecule has 1 unspecified atom stereocenters. The standard InChI is InChI=1S/C31H27ClN6O/c32-21-6-8-27-23(15-21)24(16-35-27)31(29-14-20-3-1-2-4-26(20)36-29)38-12-11-37(30(39)18-38)17-19-5-7-22-25(33)9-10-34-28(22)13-19/h1-10,13-16,31,35-36H,11-12,17-18H2,(H2,33,34). The number of aromatic amines is 2. The Labute approximate surface area is 230 Å². The van der Waals surface area contributed by atoms with Gasteiger partial charge in [-0.05, 0) is 53.4 Å². The fourth-order valence-corrected chi connectivity index (χ4v) is 5.97. The van der Waals surface area contributed by atoms with Gasteiger partial charge in [0.05, 0.1) is 18.1 Å². The Morgan fingerprint density at radius 3 is 2.74 bits per heavy atom. The number of nitrogen functional groups attached to an aromatic ring is 1. The molecule has 0 spiro atoms. The number of para-hydroxylation sites is 1. The minimum absolute atomic E-state index is 0.0980. The topological polar surface area (TPSA) is 94.0 Å². The minimum Gasteiger partial charge on any atom is -0.398 e. The lowest BCUT2D eigenvalue weighted by molar-refractivity contribution is -0.137. The van der Waals surface area contributed by atoms with E-state index in [2.05, 4.69) is 38.1 Å². The highest BCUT2D eigenvalue weighted by molar-refractivity contribution is 6.31. The van der Waals surface area contributed by atoms with Gasteiger partial charge in [0.1, 0.15) is 0 Å². The van der Waals surface area contributed by atoms with Gasteiger partial charge < -0.3 is 20.6 Å². The Hall–Kier alpha value is -4.33. The first kappa shape index (κ1) is 23.8. The van der Waals surface area contributed by atoms with Crippen molar-refractivity contribution < 1.29 is 4.79 Å². The number of piperazine rings is 1. The molecule has 1 fully saturated rings. The number of nitrogens with one attached hydrogen (secondary N) is 2. The van der Waals surface area contributed by atoms with Crippen LogP contribution in [0.4, 0.5) is 5.69 Å². The highest BCUT2D eigenvalue weighted by Crippen LogP contribution is 2.36. The van der Waals surface area contributed by atoms with Crippen LogP contribution in [0.1, 0.15) is 22.9 Å². The Morgan fingerprint density at radius 1 is 0.974 bits per heavy atom. The number of nitrogens with two attached hydrogens (primary N) is 1. The summed E-state index contributed by atoms with van der Waals surface area (Å²) < 4.78 is 0. The van der Waals surface area contributed by atoms with E-state index in [4.69, 9.17) is 17.3 Å². The molecule has 8 heteroatoms. The number of H-pyrrole nitrogens is 2. The second-order valence-corrected chi connectivity index (χ2v) is 10.6. The minimum atomic E-state index is -0.136. The van der Waals surface area contributed by atoms with Crippen LogP contribution in [0.25, 0.3) is 32.7 Å². The van der Waals surface area contributed by atoms with E-state index in [-0.39, 0.29) is 11.9 Å². The molecule has 0 bridgehead atoms. The molecular formula is C31H27ClN6O. The van der Waals surface area contributed by atoms with E-state index < -0.39 is 0 Å². The normalized spacial score (nSPS) is 15.5. The van der Waals surface area contributed by atoms with Crippen LogP contribution in [0, 0.1) is 0 Å². The van der Waals surface area contributed by atoms with Crippen molar-refractivity contribution in [3.8, 4) is 0 Å². The number of halogens is 1. The quantitative estimate of drug-likeness (QED) is 0.258. The maximum absolute atomic E-state index is 13.5. The van der Waals surface area contributed by atoms with Gasteiger partial charge in [0.15, 0.2) is 0 Å². The second kappa shape index (κ2) is 9.45. The molecule has 0 saturated carbocycles. The maximum atomic E-state index is 13.5. The van der Waals surface area contributed by atoms with Gasteiger partial charge in [0.2, 0.25) is 5.91 Å². The average Bonchev–Trinajstić information content (AvgIpc) is 3.55. The van der Waals surface area contributed by atoms with E-state index in [9.17, 15) is 4.79 Å². The first-order valence-electron chi connectivity index (χ1n) is 13.0. The molecule has 0 radical (unpaired) electrons. The zero-order valence-corrected chi connectivity index (χ0v) is 21.9. The van der Waals surface area contributed by atoms with Gasteiger partial charge in [-0.2, -0.15) is 0 Å². The number of hydrogen-bond donors (Lipinski definition) is 3. The molecule has 1 amide bonds. The summed E-state index contributed by atoms with van der Waals surface area (Å²) >= 11 is 6.41. The van der Waals surface area contributed by atoms with Gasteiger partial charge in [0, 0.05) is 75.8 Å². The molecule has 0 aliphatic carbocycles. The molecule has 1 aliphatic rings. The van der Waals surface area contributed by atoms with Gasteiger partial charge in [0.25, 0.3) is 0 Å². The first-order valence-corrected chi connectivity index (χ1v) is 13.4. The molecule has 7 rings (SSSR count). The number of pyridine rings is 1. The van der Waals surface area contributed by atoms with Crippen LogP contribution in [0.3, 0.4) is 0 Å². The number of amides is 1. The highest BCUT2D eigenvalue weighted by atomic mass is 35.5. The second-order valence-electron chi connectivity index (χ2n) is 10.2. The summed E-state index contributed by atoms with van der Waals surface area (Å²) in [6.07, 6.45) is 3.76. The van der Waals surface area contributed by atoms with Crippen LogP contribution in [-0.4, -0.2) is 50.3 Å². The smallest absolute Gasteiger partial charge is 0.237 e. The summed E-state index contributed by atoms with van der Waals surface area (Å²) in [6, 6.07) is 24.0. The van der Waals surface area contributed by atoms with Crippen molar-refractivity contribution in [2.75, 3.05) is 25.4 Å². The van der Waals surface area contributed by atoms with E-state index in [0.29, 0.717) is 30.3 Å². The van der Waals surface area contributed by atoms with Crippen molar-refractivity contribution in [1.82, 2.24) is 24.8 Å². The summed E-state index contributed by atoms with van der Waals surface area (Å²) in [6.45, 7) is 2.21. The van der Waals surface area contributed by atoms with Crippen molar-refractivity contribution in [3.63, 3.8) is 0 Å². The van der Waals surface area contributed by atoms with Crippen molar-refractivity contribution in [1.29, 1.82) is 0 Å². The monoisotopic (exact) mass is 534 g/mol. The van der Waals surface area contributed by atoms with Gasteiger partial charge >= 0.3 is 0 Å². The summed E-state index contributed by atoms with van der Waals surface area (Å²) in [5, 5.41) is 3.82. The summed E-state index contributed by atoms with van der Waals surface area (Å²) in [5.41, 5.74) is 12.9. The molecule has 6 aromatic rings. The molecule has 1 aliphatic heterocycles. The van der Waals surface area contributed by atoms with Crippen LogP contribution >= 0.6 is 11.6 Å². The van der Waals surface area contributed by atoms with Crippen molar-refractivity contribution in [2.24, 2.45) is 0 Å². The number of rotatable bonds is 5. The molecule has 3 aromatic heterocycles. The maximum Gasteiger partial charge on any atom is 0.237 e. The number of carbonyl (C=O) groups is 1. The van der Waals surface area contributed by atoms with Crippen LogP contribution in [-0.2, 0) is 11.3 Å². The lowest BCUT2D eigenvalue weighted by atomic mass is 9.99. The van der Waals surface area contributed by atoms with Gasteiger partial charge in [-0.25, -0.2) is 0 Å². The highest BCUT2D eigenvalue weighted by Gasteiger charge is 2.33. The third-order valence-electron chi connectivity index (χ3n) is 7.74. The van der Waals surface area contributed by atoms with E-state index in [1.165, 1.54) is 0 Å². The zero-order valence-electron chi connectivity index (χ0n) is 21.2. The van der Waals surface area contributed by atoms with Crippen molar-refractivity contribution >= 4 is 55.9 Å². The van der Waals surface area contributed by atoms with E-state index in [1.54, 1.807) is 12.3 Å². The Kier molecular flexibility index (Phi) is 5.76. The lowest BCUT2D eigenvalue weighted by Crippen LogP contribution is -2.51. The fraction of sp³-hybridized carbons (Fsp3) is 0.161. The third kappa shape index (κ3) is 4.30. The fourth-order valence-electron chi connectivity index (χ4n) is 5.79. The van der Waals surface area contributed by atoms with Crippen molar-refractivity contribution in [3.05, 3.63) is 107 Å². The van der Waals surface area contributed by atoms with Crippen LogP contribution < -0.4 is 5.73 Å². The molecule has 7 nitrogen and oxygen atoms in total. The Morgan fingerprint density at radius 2 is 1.87 bits per heavy atom. The van der Waals surface area contributed by atoms with Gasteiger partial charge in [-0.1, -0.05) is 41.9 Å². The third-order valence-corrected chi connectivity index (χ3v) is 7.98. The van der Waals surface area contributed by atoms with Crippen LogP contribution in [0.5, 0.6) is 0 Å². The first-order chi connectivity index (χ1) is 19.0. The number of benzene rings is 3. The molecule has 194 valence electrons. The Balaban J connectivity index is 1.20. The average molecular weight is 535 g/mol. The van der Waals surface area contributed by atoms with Crippen molar-refractivity contribution in [2.45, 2.75) is 12.6 Å². The molecule has 3 aromatic carbocycles. The summed E-state index contributed by atoms with van der Waals surface area (Å²) in [5.74, 6) is 0.0980. The predicted octanol–water partition coefficient (Wildman–Crippen LogP) is 5.87. The largest absolute Gasteiger partial charge is 0.398 e. The number of hydrogen-bond acceptors (Lipinski definition) is 4. The molecular weight excluding hydrogens is 508 g/mol. The van der Waals surface area contributed by atoms with E-state index in [0.717, 1.165) is 56.1 Å². The summed E-state index contributed by atoms with van der Waals surface area (Å²) in [7, 11) is 0. The number of aromatic nitrogens is 3. The molecule has 1 saturated heterocycles. The zero-order chi connectivity index (χ0) is 26.5. The number of nitrogens with zero attached hydrogens (tertiary/aromatic N) is 3. The predicted molar refractivity (Wildman–Crippen MR) is 157 cm³/mol. The van der Waals surface area contributed by atoms with Crippen LogP contribution in [0.15, 0.2) is 85.2 Å². The lowest BCUT2D eigenvalue weighted by Gasteiger charge is -2.38. The summed E-state index contributed by atoms with van der Waals surface area (Å²) in [4.78, 5) is 29.2. The number of anilines is 1. The molecule has 4 N–H and O–H groups in total. The SMILES string of the molecule is Nc1ccnc2cc(CN3CCN(C(c4cc5ccccc5[nH]4)c4c[nH]c5ccc(Cl)cc45)CC3=O)ccc12. The Bertz CT molecular complexity index is 1820. The van der Waals surface area contributed by atoms with E-state index >= 15 is 0 Å². The molecule has 39 heavy (non-hydrogen) atoms. The molecule has 4 heterocycles. The van der Waals surface area contributed by atoms with Gasteiger partial charge in [-0.15, -0.1) is 0 Å².